The topological polar surface area (TPSA) is 143 Å². The minimum Gasteiger partial charge on any atom is -0.462 e. The number of imidazole rings is 1. The molecule has 1 unspecified atom stereocenters. The zero-order chi connectivity index (χ0) is 26.5. The average Bonchev–Trinajstić information content (AvgIpc) is 3.21. The van der Waals surface area contributed by atoms with Gasteiger partial charge in [-0.25, -0.2) is 20.0 Å². The molecular formula is C24H35N6O5P. The second kappa shape index (κ2) is 11.4. The van der Waals surface area contributed by atoms with Gasteiger partial charge >= 0.3 is 13.5 Å². The summed E-state index contributed by atoms with van der Waals surface area (Å²) in [6, 6.07) is 7.30. The Balaban J connectivity index is 1.76. The van der Waals surface area contributed by atoms with Crippen LogP contribution in [0.5, 0.6) is 5.75 Å². The van der Waals surface area contributed by atoms with Gasteiger partial charge in [-0.15, -0.1) is 0 Å². The molecule has 3 aromatic rings. The Morgan fingerprint density at radius 2 is 1.86 bits per heavy atom. The standard InChI is InChI=1S/C24H35N6O5P/c1-7-18-8-10-19(11-9-18)35-36(32,29-24(5,6)23(31)34-16(2)3)15-33-17(4)12-30-14-28-20-21(25)26-13-27-22(20)30/h8-11,13-14,16-17H,7,12,15H2,1-6H3,(H,29,32)(H2,25,26,27)/t17-,36?/m1/s1. The number of aromatic nitrogens is 4. The van der Waals surface area contributed by atoms with E-state index in [1.807, 2.05) is 26.0 Å². The molecule has 1 aromatic carbocycles. The number of ether oxygens (including phenoxy) is 2. The Kier molecular flexibility index (Phi) is 8.71. The number of rotatable bonds is 12. The maximum Gasteiger partial charge on any atom is 0.342 e. The van der Waals surface area contributed by atoms with Crippen LogP contribution in [0.25, 0.3) is 11.2 Å². The first-order valence-electron chi connectivity index (χ1n) is 11.8. The Labute approximate surface area is 211 Å². The number of anilines is 1. The summed E-state index contributed by atoms with van der Waals surface area (Å²) in [6.45, 7) is 10.9. The Morgan fingerprint density at radius 1 is 1.17 bits per heavy atom. The molecule has 11 nitrogen and oxygen atoms in total. The molecule has 36 heavy (non-hydrogen) atoms. The lowest BCUT2D eigenvalue weighted by Crippen LogP contribution is -2.48. The van der Waals surface area contributed by atoms with Crippen molar-refractivity contribution in [2.45, 2.75) is 72.3 Å². The first kappa shape index (κ1) is 27.6. The average molecular weight is 519 g/mol. The van der Waals surface area contributed by atoms with E-state index in [1.165, 1.54) is 6.33 Å². The number of benzene rings is 1. The molecule has 0 fully saturated rings. The number of hydrogen-bond donors (Lipinski definition) is 2. The van der Waals surface area contributed by atoms with E-state index < -0.39 is 25.1 Å². The monoisotopic (exact) mass is 518 g/mol. The zero-order valence-corrected chi connectivity index (χ0v) is 22.5. The highest BCUT2D eigenvalue weighted by molar-refractivity contribution is 7.57. The number of fused-ring (bicyclic) bond motifs is 1. The second-order valence-electron chi connectivity index (χ2n) is 9.39. The van der Waals surface area contributed by atoms with Crippen LogP contribution in [0, 0.1) is 0 Å². The summed E-state index contributed by atoms with van der Waals surface area (Å²) < 4.78 is 33.0. The summed E-state index contributed by atoms with van der Waals surface area (Å²) >= 11 is 0. The first-order chi connectivity index (χ1) is 16.9. The van der Waals surface area contributed by atoms with Gasteiger partial charge in [0.2, 0.25) is 0 Å². The third kappa shape index (κ3) is 7.02. The maximum absolute atomic E-state index is 14.0. The Hall–Kier alpha value is -3.01. The van der Waals surface area contributed by atoms with E-state index in [2.05, 4.69) is 20.0 Å². The van der Waals surface area contributed by atoms with E-state index in [0.29, 0.717) is 29.3 Å². The van der Waals surface area contributed by atoms with Crippen molar-refractivity contribution < 1.29 is 23.4 Å². The normalized spacial score (nSPS) is 14.5. The number of aryl methyl sites for hydroxylation is 1. The fourth-order valence-corrected chi connectivity index (χ4v) is 5.48. The number of nitrogen functional groups attached to an aromatic ring is 1. The summed E-state index contributed by atoms with van der Waals surface area (Å²) in [5.41, 5.74) is 6.77. The largest absolute Gasteiger partial charge is 0.462 e. The molecule has 2 aromatic heterocycles. The Morgan fingerprint density at radius 3 is 2.50 bits per heavy atom. The lowest BCUT2D eigenvalue weighted by molar-refractivity contribution is -0.153. The molecule has 0 saturated carbocycles. The molecule has 0 saturated heterocycles. The van der Waals surface area contributed by atoms with E-state index in [-0.39, 0.29) is 12.5 Å². The van der Waals surface area contributed by atoms with Crippen LogP contribution in [0.1, 0.15) is 47.1 Å². The molecule has 0 aliphatic carbocycles. The predicted octanol–water partition coefficient (Wildman–Crippen LogP) is 3.93. The van der Waals surface area contributed by atoms with Crippen LogP contribution >= 0.6 is 7.52 Å². The molecule has 2 atom stereocenters. The van der Waals surface area contributed by atoms with Crippen LogP contribution in [0.3, 0.4) is 0 Å². The number of esters is 1. The lowest BCUT2D eigenvalue weighted by atomic mass is 10.1. The van der Waals surface area contributed by atoms with Gasteiger partial charge in [0.15, 0.2) is 11.5 Å². The quantitative estimate of drug-likeness (QED) is 0.267. The fourth-order valence-electron chi connectivity index (χ4n) is 3.46. The summed E-state index contributed by atoms with van der Waals surface area (Å²) in [5.74, 6) is 0.150. The Bertz CT molecular complexity index is 1230. The number of hydrogen-bond acceptors (Lipinski definition) is 9. The SMILES string of the molecule is CCc1ccc(OP(=O)(CO[C@H](C)Cn2cnc3c(N)ncnc32)NC(C)(C)C(=O)OC(C)C)cc1. The second-order valence-corrected chi connectivity index (χ2v) is 11.4. The molecule has 0 aliphatic heterocycles. The van der Waals surface area contributed by atoms with Crippen molar-refractivity contribution in [2.24, 2.45) is 0 Å². The fraction of sp³-hybridized carbons (Fsp3) is 0.500. The van der Waals surface area contributed by atoms with Crippen LogP contribution in [0.2, 0.25) is 0 Å². The molecule has 0 bridgehead atoms. The molecule has 196 valence electrons. The van der Waals surface area contributed by atoms with Gasteiger partial charge in [0, 0.05) is 0 Å². The van der Waals surface area contributed by atoms with Gasteiger partial charge in [0.25, 0.3) is 0 Å². The van der Waals surface area contributed by atoms with Gasteiger partial charge in [-0.2, -0.15) is 0 Å². The van der Waals surface area contributed by atoms with Crippen LogP contribution in [-0.2, 0) is 31.8 Å². The highest BCUT2D eigenvalue weighted by Gasteiger charge is 2.40. The number of carbonyl (C=O) groups is 1. The van der Waals surface area contributed by atoms with E-state index in [4.69, 9.17) is 19.7 Å². The van der Waals surface area contributed by atoms with E-state index in [9.17, 15) is 9.36 Å². The number of nitrogens with zero attached hydrogens (tertiary/aromatic N) is 4. The van der Waals surface area contributed by atoms with E-state index >= 15 is 0 Å². The smallest absolute Gasteiger partial charge is 0.342 e. The van der Waals surface area contributed by atoms with E-state index in [1.54, 1.807) is 50.7 Å². The van der Waals surface area contributed by atoms with Crippen molar-refractivity contribution in [2.75, 3.05) is 12.1 Å². The number of nitrogens with two attached hydrogens (primary N) is 1. The predicted molar refractivity (Wildman–Crippen MR) is 138 cm³/mol. The lowest BCUT2D eigenvalue weighted by Gasteiger charge is -2.31. The molecule has 2 heterocycles. The summed E-state index contributed by atoms with van der Waals surface area (Å²) in [4.78, 5) is 25.1. The summed E-state index contributed by atoms with van der Waals surface area (Å²) in [6.07, 6.45) is 2.83. The van der Waals surface area contributed by atoms with Crippen molar-refractivity contribution in [3.63, 3.8) is 0 Å². The van der Waals surface area contributed by atoms with Gasteiger partial charge in [-0.3, -0.25) is 9.36 Å². The van der Waals surface area contributed by atoms with Gasteiger partial charge < -0.3 is 24.3 Å². The van der Waals surface area contributed by atoms with Gasteiger partial charge in [0.05, 0.1) is 25.1 Å². The number of carbonyl (C=O) groups excluding carboxylic acids is 1. The molecule has 0 radical (unpaired) electrons. The molecule has 3 rings (SSSR count). The molecular weight excluding hydrogens is 483 g/mol. The summed E-state index contributed by atoms with van der Waals surface area (Å²) in [7, 11) is -3.73. The third-order valence-electron chi connectivity index (χ3n) is 5.30. The van der Waals surface area contributed by atoms with Crippen LogP contribution in [0.15, 0.2) is 36.9 Å². The highest BCUT2D eigenvalue weighted by Crippen LogP contribution is 2.45. The zero-order valence-electron chi connectivity index (χ0n) is 21.6. The molecule has 3 N–H and O–H groups in total. The minimum absolute atomic E-state index is 0.286. The maximum atomic E-state index is 14.0. The van der Waals surface area contributed by atoms with Gasteiger partial charge in [-0.05, 0) is 58.7 Å². The van der Waals surface area contributed by atoms with Crippen molar-refractivity contribution in [3.8, 4) is 5.75 Å². The molecule has 0 amide bonds. The van der Waals surface area contributed by atoms with Crippen LogP contribution in [0.4, 0.5) is 5.82 Å². The number of nitrogens with one attached hydrogen (secondary N) is 1. The third-order valence-corrected chi connectivity index (χ3v) is 7.19. The van der Waals surface area contributed by atoms with Crippen molar-refractivity contribution in [1.29, 1.82) is 0 Å². The van der Waals surface area contributed by atoms with Crippen molar-refractivity contribution in [1.82, 2.24) is 24.6 Å². The van der Waals surface area contributed by atoms with Crippen molar-refractivity contribution in [3.05, 3.63) is 42.5 Å². The van der Waals surface area contributed by atoms with Gasteiger partial charge in [-0.1, -0.05) is 19.1 Å². The first-order valence-corrected chi connectivity index (χ1v) is 13.6. The van der Waals surface area contributed by atoms with Crippen LogP contribution in [-0.4, -0.2) is 49.6 Å². The van der Waals surface area contributed by atoms with E-state index in [0.717, 1.165) is 12.0 Å². The highest BCUT2D eigenvalue weighted by atomic mass is 31.2. The minimum atomic E-state index is -3.73. The van der Waals surface area contributed by atoms with Gasteiger partial charge in [0.1, 0.15) is 29.5 Å². The van der Waals surface area contributed by atoms with Crippen molar-refractivity contribution >= 4 is 30.5 Å². The van der Waals surface area contributed by atoms with Crippen LogP contribution < -0.4 is 15.3 Å². The molecule has 0 spiro atoms. The summed E-state index contributed by atoms with van der Waals surface area (Å²) in [5, 5.41) is 2.88. The molecule has 0 aliphatic rings. The molecule has 12 heteroatoms.